The van der Waals surface area contributed by atoms with E-state index in [1.54, 1.807) is 35.8 Å². The first kappa shape index (κ1) is 16.0. The molecule has 9 nitrogen and oxygen atoms in total. The van der Waals surface area contributed by atoms with Crippen molar-refractivity contribution in [2.24, 2.45) is 0 Å². The van der Waals surface area contributed by atoms with Crippen LogP contribution in [0.4, 0.5) is 0 Å². The smallest absolute Gasteiger partial charge is 0.185 e. The maximum atomic E-state index is 5.50. The van der Waals surface area contributed by atoms with Gasteiger partial charge in [0.1, 0.15) is 35.5 Å². The van der Waals surface area contributed by atoms with Gasteiger partial charge in [-0.1, -0.05) is 0 Å². The zero-order valence-corrected chi connectivity index (χ0v) is 14.8. The molecular weight excluding hydrogens is 334 g/mol. The van der Waals surface area contributed by atoms with Crippen LogP contribution in [0.2, 0.25) is 0 Å². The van der Waals surface area contributed by atoms with Gasteiger partial charge in [0.25, 0.3) is 0 Å². The minimum absolute atomic E-state index is 0.489. The minimum Gasteiger partial charge on any atom is -0.497 e. The number of benzene rings is 1. The highest BCUT2D eigenvalue weighted by Gasteiger charge is 2.19. The molecule has 0 aliphatic rings. The Balaban J connectivity index is 2.02. The van der Waals surface area contributed by atoms with Gasteiger partial charge in [-0.15, -0.1) is 5.10 Å². The maximum absolute atomic E-state index is 5.50. The van der Waals surface area contributed by atoms with E-state index in [0.717, 1.165) is 22.6 Å². The molecule has 132 valence electrons. The van der Waals surface area contributed by atoms with Gasteiger partial charge in [0.15, 0.2) is 11.6 Å². The summed E-state index contributed by atoms with van der Waals surface area (Å²) in [7, 11) is 3.21. The van der Waals surface area contributed by atoms with Gasteiger partial charge in [-0.2, -0.15) is 5.10 Å². The monoisotopic (exact) mass is 351 g/mol. The van der Waals surface area contributed by atoms with E-state index in [9.17, 15) is 0 Å². The van der Waals surface area contributed by atoms with Crippen LogP contribution >= 0.6 is 0 Å². The van der Waals surface area contributed by atoms with Crippen molar-refractivity contribution in [3.8, 4) is 28.7 Å². The summed E-state index contributed by atoms with van der Waals surface area (Å²) in [6.07, 6.45) is 3.06. The van der Waals surface area contributed by atoms with Crippen LogP contribution in [-0.2, 0) is 0 Å². The van der Waals surface area contributed by atoms with E-state index in [1.165, 1.54) is 6.33 Å². The molecule has 9 heteroatoms. The maximum Gasteiger partial charge on any atom is 0.185 e. The second kappa shape index (κ2) is 6.10. The molecule has 0 amide bonds. The van der Waals surface area contributed by atoms with E-state index in [4.69, 9.17) is 14.5 Å². The van der Waals surface area contributed by atoms with Gasteiger partial charge in [0.2, 0.25) is 0 Å². The molecule has 0 saturated carbocycles. The molecule has 0 aliphatic carbocycles. The number of aryl methyl sites for hydroxylation is 2. The molecule has 0 aliphatic heterocycles. The van der Waals surface area contributed by atoms with Crippen LogP contribution in [0, 0.1) is 13.8 Å². The van der Waals surface area contributed by atoms with Crippen LogP contribution in [0.15, 0.2) is 30.9 Å². The van der Waals surface area contributed by atoms with E-state index in [-0.39, 0.29) is 0 Å². The predicted molar refractivity (Wildman–Crippen MR) is 93.7 cm³/mol. The summed E-state index contributed by atoms with van der Waals surface area (Å²) in [5.74, 6) is 3.15. The Morgan fingerprint density at radius 2 is 1.88 bits per heavy atom. The molecule has 3 heterocycles. The largest absolute Gasteiger partial charge is 0.497 e. The standard InChI is InChI=1S/C17H17N7O2/c1-10-15-17(23-9-18-8-19-23)21-16(22-24(15)11(2)20-10)13-6-5-12(25-3)7-14(13)26-4/h5-9H,1-4H3. The second-order valence-corrected chi connectivity index (χ2v) is 5.67. The van der Waals surface area contributed by atoms with Crippen LogP contribution in [0.25, 0.3) is 22.7 Å². The van der Waals surface area contributed by atoms with Crippen LogP contribution in [0.5, 0.6) is 11.5 Å². The number of fused-ring (bicyclic) bond motifs is 1. The second-order valence-electron chi connectivity index (χ2n) is 5.67. The molecule has 0 atom stereocenters. The van der Waals surface area contributed by atoms with E-state index < -0.39 is 0 Å². The van der Waals surface area contributed by atoms with Crippen LogP contribution in [0.3, 0.4) is 0 Å². The molecule has 0 saturated heterocycles. The summed E-state index contributed by atoms with van der Waals surface area (Å²) in [5.41, 5.74) is 2.34. The molecule has 0 N–H and O–H groups in total. The lowest BCUT2D eigenvalue weighted by molar-refractivity contribution is 0.395. The van der Waals surface area contributed by atoms with Gasteiger partial charge in [-0.3, -0.25) is 0 Å². The highest BCUT2D eigenvalue weighted by Crippen LogP contribution is 2.32. The van der Waals surface area contributed by atoms with Gasteiger partial charge in [-0.25, -0.2) is 24.1 Å². The molecule has 0 unspecified atom stereocenters. The molecule has 3 aromatic heterocycles. The third-order valence-corrected chi connectivity index (χ3v) is 4.09. The molecule has 0 radical (unpaired) electrons. The molecule has 0 fully saturated rings. The van der Waals surface area contributed by atoms with Crippen LogP contribution < -0.4 is 9.47 Å². The average Bonchev–Trinajstić information content (AvgIpc) is 3.29. The Morgan fingerprint density at radius 3 is 2.58 bits per heavy atom. The Labute approximate surface area is 149 Å². The Morgan fingerprint density at radius 1 is 1.04 bits per heavy atom. The molecule has 4 aromatic rings. The first-order valence-corrected chi connectivity index (χ1v) is 7.93. The summed E-state index contributed by atoms with van der Waals surface area (Å²) in [6, 6.07) is 5.50. The molecule has 0 bridgehead atoms. The quantitative estimate of drug-likeness (QED) is 0.555. The number of imidazole rings is 1. The zero-order valence-electron chi connectivity index (χ0n) is 14.8. The molecule has 0 spiro atoms. The number of ether oxygens (including phenoxy) is 2. The van der Waals surface area contributed by atoms with Crippen molar-refractivity contribution in [2.45, 2.75) is 13.8 Å². The number of nitrogens with zero attached hydrogens (tertiary/aromatic N) is 7. The number of hydrogen-bond donors (Lipinski definition) is 0. The van der Waals surface area contributed by atoms with Crippen molar-refractivity contribution in [1.29, 1.82) is 0 Å². The summed E-state index contributed by atoms with van der Waals surface area (Å²) >= 11 is 0. The number of methoxy groups -OCH3 is 2. The van der Waals surface area contributed by atoms with Crippen LogP contribution in [0.1, 0.15) is 11.5 Å². The van der Waals surface area contributed by atoms with Gasteiger partial charge in [-0.05, 0) is 26.0 Å². The van der Waals surface area contributed by atoms with Crippen molar-refractivity contribution in [2.75, 3.05) is 14.2 Å². The third kappa shape index (κ3) is 2.44. The topological polar surface area (TPSA) is 92.2 Å². The highest BCUT2D eigenvalue weighted by molar-refractivity contribution is 5.70. The molecular formula is C17H17N7O2. The summed E-state index contributed by atoms with van der Waals surface area (Å²) in [4.78, 5) is 13.3. The lowest BCUT2D eigenvalue weighted by Crippen LogP contribution is -2.08. The lowest BCUT2D eigenvalue weighted by atomic mass is 10.2. The van der Waals surface area contributed by atoms with Crippen LogP contribution in [-0.4, -0.2) is 48.6 Å². The Kier molecular flexibility index (Phi) is 3.76. The third-order valence-electron chi connectivity index (χ3n) is 4.09. The van der Waals surface area contributed by atoms with Gasteiger partial charge in [0, 0.05) is 6.07 Å². The number of aromatic nitrogens is 7. The van der Waals surface area contributed by atoms with E-state index in [0.29, 0.717) is 23.1 Å². The number of rotatable bonds is 4. The fraction of sp³-hybridized carbons (Fsp3) is 0.235. The highest BCUT2D eigenvalue weighted by atomic mass is 16.5. The van der Waals surface area contributed by atoms with E-state index in [2.05, 4.69) is 20.2 Å². The van der Waals surface area contributed by atoms with Crippen molar-refractivity contribution in [3.63, 3.8) is 0 Å². The fourth-order valence-corrected chi connectivity index (χ4v) is 2.88. The molecule has 26 heavy (non-hydrogen) atoms. The van der Waals surface area contributed by atoms with Gasteiger partial charge < -0.3 is 9.47 Å². The summed E-state index contributed by atoms with van der Waals surface area (Å²) in [5, 5.41) is 8.88. The first-order chi connectivity index (χ1) is 12.6. The van der Waals surface area contributed by atoms with E-state index >= 15 is 0 Å². The van der Waals surface area contributed by atoms with E-state index in [1.807, 2.05) is 26.0 Å². The SMILES string of the molecule is COc1ccc(-c2nc(-n3cncn3)c3c(C)nc(C)n3n2)c(OC)c1. The fourth-order valence-electron chi connectivity index (χ4n) is 2.88. The predicted octanol–water partition coefficient (Wildman–Crippen LogP) is 2.01. The van der Waals surface area contributed by atoms with Gasteiger partial charge in [0.05, 0.1) is 25.5 Å². The first-order valence-electron chi connectivity index (χ1n) is 7.93. The average molecular weight is 351 g/mol. The summed E-state index contributed by atoms with van der Waals surface area (Å²) < 4.78 is 14.1. The Bertz CT molecular complexity index is 1090. The number of hydrogen-bond acceptors (Lipinski definition) is 7. The van der Waals surface area contributed by atoms with Gasteiger partial charge >= 0.3 is 0 Å². The minimum atomic E-state index is 0.489. The Hall–Kier alpha value is -3.49. The van der Waals surface area contributed by atoms with Crippen molar-refractivity contribution < 1.29 is 9.47 Å². The zero-order chi connectivity index (χ0) is 18.3. The van der Waals surface area contributed by atoms with Crippen molar-refractivity contribution in [3.05, 3.63) is 42.4 Å². The van der Waals surface area contributed by atoms with Crippen molar-refractivity contribution >= 4 is 5.52 Å². The molecule has 4 rings (SSSR count). The van der Waals surface area contributed by atoms with Crippen molar-refractivity contribution in [1.82, 2.24) is 34.3 Å². The lowest BCUT2D eigenvalue weighted by Gasteiger charge is -2.11. The normalized spacial score (nSPS) is 11.1. The summed E-state index contributed by atoms with van der Waals surface area (Å²) in [6.45, 7) is 3.81. The molecule has 1 aromatic carbocycles.